The van der Waals surface area contributed by atoms with Crippen LogP contribution in [0.3, 0.4) is 0 Å². The molecule has 3 nitrogen and oxygen atoms in total. The molecule has 4 heteroatoms. The molecule has 0 unspecified atom stereocenters. The van der Waals surface area contributed by atoms with Crippen molar-refractivity contribution in [3.63, 3.8) is 0 Å². The summed E-state index contributed by atoms with van der Waals surface area (Å²) < 4.78 is 0. The number of aliphatic hydroxyl groups excluding tert-OH is 1. The van der Waals surface area contributed by atoms with Crippen LogP contribution in [-0.4, -0.2) is 16.8 Å². The number of aromatic hydroxyl groups is 1. The largest absolute Gasteiger partial charge is 0.508 e. The molecule has 0 heterocycles. The minimum atomic E-state index is -0.655. The summed E-state index contributed by atoms with van der Waals surface area (Å²) in [6.45, 7) is 0.401. The van der Waals surface area contributed by atoms with Crippen molar-refractivity contribution < 1.29 is 10.2 Å². The summed E-state index contributed by atoms with van der Waals surface area (Å²) >= 11 is 5.80. The molecule has 0 aliphatic heterocycles. The Morgan fingerprint density at radius 1 is 1.46 bits per heavy atom. The summed E-state index contributed by atoms with van der Waals surface area (Å²) in [5.41, 5.74) is 5.90. The third-order valence-corrected chi connectivity index (χ3v) is 2.11. The minimum Gasteiger partial charge on any atom is -0.508 e. The number of nitrogens with two attached hydrogens (primary N) is 1. The van der Waals surface area contributed by atoms with Gasteiger partial charge in [-0.3, -0.25) is 0 Å². The summed E-state index contributed by atoms with van der Waals surface area (Å²) in [5.74, 6) is 0.0914. The van der Waals surface area contributed by atoms with Gasteiger partial charge in [-0.05, 0) is 30.7 Å². The van der Waals surface area contributed by atoms with Crippen LogP contribution in [0.4, 0.5) is 0 Å². The van der Waals surface area contributed by atoms with Gasteiger partial charge in [-0.15, -0.1) is 0 Å². The lowest BCUT2D eigenvalue weighted by Gasteiger charge is -2.11. The predicted octanol–water partition coefficient (Wildman–Crippen LogP) is 1.43. The Morgan fingerprint density at radius 3 is 2.69 bits per heavy atom. The molecule has 0 saturated heterocycles. The number of hydrogen-bond acceptors (Lipinski definition) is 3. The molecule has 1 aromatic carbocycles. The molecule has 0 aliphatic rings. The van der Waals surface area contributed by atoms with Gasteiger partial charge in [0.25, 0.3) is 0 Å². The fraction of sp³-hybridized carbons (Fsp3) is 0.333. The molecule has 1 rings (SSSR count). The standard InChI is InChI=1S/C9H12ClNO2/c10-8-5-6(12)1-2-7(8)9(13)3-4-11/h1-2,5,9,12-13H,3-4,11H2/t9-/m0/s1. The maximum absolute atomic E-state index is 9.55. The van der Waals surface area contributed by atoms with Gasteiger partial charge in [-0.2, -0.15) is 0 Å². The zero-order valence-corrected chi connectivity index (χ0v) is 7.83. The quantitative estimate of drug-likeness (QED) is 0.693. The predicted molar refractivity (Wildman–Crippen MR) is 51.7 cm³/mol. The molecule has 0 bridgehead atoms. The minimum absolute atomic E-state index is 0.0914. The van der Waals surface area contributed by atoms with E-state index >= 15 is 0 Å². The van der Waals surface area contributed by atoms with Gasteiger partial charge >= 0.3 is 0 Å². The second-order valence-corrected chi connectivity index (χ2v) is 3.21. The summed E-state index contributed by atoms with van der Waals surface area (Å²) in [7, 11) is 0. The molecule has 1 aromatic rings. The van der Waals surface area contributed by atoms with E-state index in [-0.39, 0.29) is 5.75 Å². The van der Waals surface area contributed by atoms with E-state index < -0.39 is 6.10 Å². The zero-order valence-electron chi connectivity index (χ0n) is 7.07. The highest BCUT2D eigenvalue weighted by molar-refractivity contribution is 6.31. The van der Waals surface area contributed by atoms with Crippen LogP contribution < -0.4 is 5.73 Å². The highest BCUT2D eigenvalue weighted by atomic mass is 35.5. The number of phenolic OH excluding ortho intramolecular Hbond substituents is 1. The van der Waals surface area contributed by atoms with Crippen LogP contribution in [0.2, 0.25) is 5.02 Å². The van der Waals surface area contributed by atoms with Gasteiger partial charge < -0.3 is 15.9 Å². The van der Waals surface area contributed by atoms with E-state index in [4.69, 9.17) is 22.4 Å². The average molecular weight is 202 g/mol. The fourth-order valence-electron chi connectivity index (χ4n) is 1.10. The lowest BCUT2D eigenvalue weighted by atomic mass is 10.1. The lowest BCUT2D eigenvalue weighted by Crippen LogP contribution is -2.06. The van der Waals surface area contributed by atoms with E-state index in [0.717, 1.165) is 0 Å². The molecule has 0 amide bonds. The van der Waals surface area contributed by atoms with Crippen molar-refractivity contribution in [2.75, 3.05) is 6.54 Å². The van der Waals surface area contributed by atoms with E-state index in [0.29, 0.717) is 23.6 Å². The summed E-state index contributed by atoms with van der Waals surface area (Å²) in [5, 5.41) is 19.0. The van der Waals surface area contributed by atoms with Crippen LogP contribution >= 0.6 is 11.6 Å². The maximum Gasteiger partial charge on any atom is 0.117 e. The van der Waals surface area contributed by atoms with Gasteiger partial charge in [-0.1, -0.05) is 17.7 Å². The zero-order chi connectivity index (χ0) is 9.84. The second-order valence-electron chi connectivity index (χ2n) is 2.80. The topological polar surface area (TPSA) is 66.5 Å². The van der Waals surface area contributed by atoms with Crippen molar-refractivity contribution in [2.45, 2.75) is 12.5 Å². The first kappa shape index (κ1) is 10.3. The Balaban J connectivity index is 2.88. The Bertz CT molecular complexity index is 291. The molecule has 0 aromatic heterocycles. The lowest BCUT2D eigenvalue weighted by molar-refractivity contribution is 0.170. The van der Waals surface area contributed by atoms with E-state index in [1.165, 1.54) is 12.1 Å². The van der Waals surface area contributed by atoms with Crippen molar-refractivity contribution in [3.05, 3.63) is 28.8 Å². The van der Waals surface area contributed by atoms with E-state index in [1.54, 1.807) is 6.07 Å². The number of hydrogen-bond donors (Lipinski definition) is 3. The SMILES string of the molecule is NCC[C@H](O)c1ccc(O)cc1Cl. The fourth-order valence-corrected chi connectivity index (χ4v) is 1.40. The molecular weight excluding hydrogens is 190 g/mol. The molecule has 0 fully saturated rings. The van der Waals surface area contributed by atoms with Crippen LogP contribution in [-0.2, 0) is 0 Å². The monoisotopic (exact) mass is 201 g/mol. The van der Waals surface area contributed by atoms with Gasteiger partial charge in [-0.25, -0.2) is 0 Å². The van der Waals surface area contributed by atoms with E-state index in [1.807, 2.05) is 0 Å². The highest BCUT2D eigenvalue weighted by Crippen LogP contribution is 2.27. The molecule has 0 radical (unpaired) electrons. The smallest absolute Gasteiger partial charge is 0.117 e. The summed E-state index contributed by atoms with van der Waals surface area (Å²) in [6.07, 6.45) is -0.192. The summed E-state index contributed by atoms with van der Waals surface area (Å²) in [4.78, 5) is 0. The second kappa shape index (κ2) is 4.46. The van der Waals surface area contributed by atoms with Crippen molar-refractivity contribution in [3.8, 4) is 5.75 Å². The third-order valence-electron chi connectivity index (χ3n) is 1.78. The first-order chi connectivity index (χ1) is 6.15. The van der Waals surface area contributed by atoms with Crippen LogP contribution in [0.1, 0.15) is 18.1 Å². The normalized spacial score (nSPS) is 12.8. The maximum atomic E-state index is 9.55. The average Bonchev–Trinajstić information content (AvgIpc) is 2.04. The van der Waals surface area contributed by atoms with Crippen molar-refractivity contribution in [2.24, 2.45) is 5.73 Å². The Morgan fingerprint density at radius 2 is 2.15 bits per heavy atom. The van der Waals surface area contributed by atoms with Gasteiger partial charge in [0.1, 0.15) is 5.75 Å². The molecule has 0 aliphatic carbocycles. The molecule has 72 valence electrons. The number of aliphatic hydroxyl groups is 1. The van der Waals surface area contributed by atoms with Gasteiger partial charge in [0.2, 0.25) is 0 Å². The molecule has 13 heavy (non-hydrogen) atoms. The molecular formula is C9H12ClNO2. The van der Waals surface area contributed by atoms with Gasteiger partial charge in [0, 0.05) is 0 Å². The Kier molecular flexibility index (Phi) is 3.54. The Labute approximate surface area is 81.8 Å². The molecule has 0 saturated carbocycles. The van der Waals surface area contributed by atoms with Crippen LogP contribution in [0.15, 0.2) is 18.2 Å². The third kappa shape index (κ3) is 2.59. The van der Waals surface area contributed by atoms with Gasteiger partial charge in [0.05, 0.1) is 11.1 Å². The van der Waals surface area contributed by atoms with Crippen LogP contribution in [0.5, 0.6) is 5.75 Å². The Hall–Kier alpha value is -0.770. The number of halogens is 1. The van der Waals surface area contributed by atoms with Gasteiger partial charge in [0.15, 0.2) is 0 Å². The first-order valence-corrected chi connectivity index (χ1v) is 4.39. The van der Waals surface area contributed by atoms with Crippen LogP contribution in [0, 0.1) is 0 Å². The molecule has 1 atom stereocenters. The molecule has 4 N–H and O–H groups in total. The summed E-state index contributed by atoms with van der Waals surface area (Å²) in [6, 6.07) is 4.48. The molecule has 0 spiro atoms. The highest BCUT2D eigenvalue weighted by Gasteiger charge is 2.10. The van der Waals surface area contributed by atoms with Crippen molar-refractivity contribution >= 4 is 11.6 Å². The van der Waals surface area contributed by atoms with Crippen molar-refractivity contribution in [1.82, 2.24) is 0 Å². The number of phenols is 1. The van der Waals surface area contributed by atoms with E-state index in [2.05, 4.69) is 0 Å². The van der Waals surface area contributed by atoms with Crippen LogP contribution in [0.25, 0.3) is 0 Å². The first-order valence-electron chi connectivity index (χ1n) is 4.01. The van der Waals surface area contributed by atoms with Crippen molar-refractivity contribution in [1.29, 1.82) is 0 Å². The number of benzene rings is 1. The van der Waals surface area contributed by atoms with E-state index in [9.17, 15) is 5.11 Å². The number of rotatable bonds is 3.